The summed E-state index contributed by atoms with van der Waals surface area (Å²) in [5, 5.41) is 0.0427. The van der Waals surface area contributed by atoms with Crippen LogP contribution >= 0.6 is 11.6 Å². The van der Waals surface area contributed by atoms with Gasteiger partial charge < -0.3 is 4.74 Å². The van der Waals surface area contributed by atoms with Crippen molar-refractivity contribution in [1.29, 1.82) is 0 Å². The molecule has 0 spiro atoms. The summed E-state index contributed by atoms with van der Waals surface area (Å²) >= 11 is 6.04. The highest BCUT2D eigenvalue weighted by Crippen LogP contribution is 2.23. The van der Waals surface area contributed by atoms with Gasteiger partial charge in [0.1, 0.15) is 4.90 Å². The Balaban J connectivity index is 1.67. The maximum atomic E-state index is 12.6. The number of halogens is 1. The molecule has 0 bridgehead atoms. The van der Waals surface area contributed by atoms with Gasteiger partial charge in [-0.3, -0.25) is 4.90 Å². The predicted molar refractivity (Wildman–Crippen MR) is 108 cm³/mol. The maximum absolute atomic E-state index is 12.6. The molecule has 0 unspecified atom stereocenters. The van der Waals surface area contributed by atoms with Gasteiger partial charge in [-0.15, -0.1) is 0 Å². The summed E-state index contributed by atoms with van der Waals surface area (Å²) in [5.41, 5.74) is 2.18. The molecule has 6 nitrogen and oxygen atoms in total. The van der Waals surface area contributed by atoms with Crippen molar-refractivity contribution in [2.75, 3.05) is 20.2 Å². The summed E-state index contributed by atoms with van der Waals surface area (Å²) in [4.78, 5) is 13.9. The fourth-order valence-corrected chi connectivity index (χ4v) is 4.71. The topological polar surface area (TPSA) is 75.7 Å². The molecule has 0 radical (unpaired) electrons. The minimum Gasteiger partial charge on any atom is -0.465 e. The first-order valence-electron chi connectivity index (χ1n) is 9.07. The van der Waals surface area contributed by atoms with Crippen molar-refractivity contribution in [2.45, 2.75) is 30.8 Å². The molecule has 0 aliphatic carbocycles. The van der Waals surface area contributed by atoms with E-state index in [0.29, 0.717) is 0 Å². The van der Waals surface area contributed by atoms with Crippen LogP contribution in [-0.4, -0.2) is 39.5 Å². The number of sulfonamides is 1. The number of hydrogen-bond acceptors (Lipinski definition) is 5. The van der Waals surface area contributed by atoms with Crippen molar-refractivity contribution in [3.63, 3.8) is 0 Å². The minimum absolute atomic E-state index is 0.0427. The van der Waals surface area contributed by atoms with Crippen LogP contribution in [0.5, 0.6) is 0 Å². The van der Waals surface area contributed by atoms with E-state index in [1.165, 1.54) is 43.7 Å². The molecule has 1 saturated heterocycles. The lowest BCUT2D eigenvalue weighted by molar-refractivity contribution is 0.0600. The molecule has 1 aliphatic heterocycles. The lowest BCUT2D eigenvalue weighted by atomic mass is 10.1. The lowest BCUT2D eigenvalue weighted by Crippen LogP contribution is -2.24. The normalized spacial score (nSPS) is 14.9. The number of carbonyl (C=O) groups is 1. The van der Waals surface area contributed by atoms with E-state index < -0.39 is 16.0 Å². The second-order valence-corrected chi connectivity index (χ2v) is 8.90. The number of carbonyl (C=O) groups excluding carboxylic acids is 1. The SMILES string of the molecule is COC(=O)c1ccc(Cl)c(S(=O)(=O)NCc2ccc(CN3CCCC3)cc2)c1. The molecular formula is C20H23ClN2O4S. The van der Waals surface area contributed by atoms with Crippen LogP contribution in [0.2, 0.25) is 5.02 Å². The molecule has 2 aromatic carbocycles. The molecule has 150 valence electrons. The van der Waals surface area contributed by atoms with Crippen molar-refractivity contribution >= 4 is 27.6 Å². The van der Waals surface area contributed by atoms with E-state index in [4.69, 9.17) is 11.6 Å². The monoisotopic (exact) mass is 422 g/mol. The zero-order valence-corrected chi connectivity index (χ0v) is 17.2. The number of esters is 1. The number of nitrogens with one attached hydrogen (secondary N) is 1. The van der Waals surface area contributed by atoms with E-state index in [1.807, 2.05) is 24.3 Å². The molecule has 1 aliphatic rings. The average molecular weight is 423 g/mol. The number of benzene rings is 2. The smallest absolute Gasteiger partial charge is 0.337 e. The van der Waals surface area contributed by atoms with E-state index >= 15 is 0 Å². The van der Waals surface area contributed by atoms with Crippen molar-refractivity contribution in [2.24, 2.45) is 0 Å². The second kappa shape index (κ2) is 9.05. The number of hydrogen-bond donors (Lipinski definition) is 1. The third kappa shape index (κ3) is 5.11. The van der Waals surface area contributed by atoms with E-state index in [-0.39, 0.29) is 22.0 Å². The van der Waals surface area contributed by atoms with Crippen LogP contribution in [0.1, 0.15) is 34.3 Å². The predicted octanol–water partition coefficient (Wildman–Crippen LogP) is 3.20. The Bertz CT molecular complexity index is 939. The van der Waals surface area contributed by atoms with Crippen LogP contribution in [-0.2, 0) is 27.8 Å². The Kier molecular flexibility index (Phi) is 6.72. The molecule has 0 atom stereocenters. The van der Waals surface area contributed by atoms with Gasteiger partial charge in [0.15, 0.2) is 0 Å². The van der Waals surface area contributed by atoms with Gasteiger partial charge in [-0.1, -0.05) is 35.9 Å². The van der Waals surface area contributed by atoms with E-state index in [1.54, 1.807) is 0 Å². The number of likely N-dealkylation sites (tertiary alicyclic amines) is 1. The van der Waals surface area contributed by atoms with Crippen LogP contribution in [0.25, 0.3) is 0 Å². The number of ether oxygens (including phenoxy) is 1. The summed E-state index contributed by atoms with van der Waals surface area (Å²) in [5.74, 6) is -0.623. The fraction of sp³-hybridized carbons (Fsp3) is 0.350. The summed E-state index contributed by atoms with van der Waals surface area (Å²) in [6.07, 6.45) is 2.50. The Morgan fingerprint density at radius 3 is 2.39 bits per heavy atom. The molecule has 2 aromatic rings. The van der Waals surface area contributed by atoms with Gasteiger partial charge in [0.2, 0.25) is 10.0 Å². The number of nitrogens with zero attached hydrogens (tertiary/aromatic N) is 1. The third-order valence-corrected chi connectivity index (χ3v) is 6.62. The van der Waals surface area contributed by atoms with Crippen molar-refractivity contribution in [1.82, 2.24) is 9.62 Å². The molecule has 1 fully saturated rings. The van der Waals surface area contributed by atoms with Gasteiger partial charge in [-0.05, 0) is 55.3 Å². The Labute approximate surface area is 170 Å². The fourth-order valence-electron chi connectivity index (χ4n) is 3.17. The van der Waals surface area contributed by atoms with Crippen molar-refractivity contribution < 1.29 is 17.9 Å². The molecule has 8 heteroatoms. The van der Waals surface area contributed by atoms with E-state index in [2.05, 4.69) is 14.4 Å². The van der Waals surface area contributed by atoms with E-state index in [0.717, 1.165) is 25.2 Å². The first-order chi connectivity index (χ1) is 13.4. The Morgan fingerprint density at radius 1 is 1.11 bits per heavy atom. The molecule has 0 saturated carbocycles. The Morgan fingerprint density at radius 2 is 1.75 bits per heavy atom. The molecular weight excluding hydrogens is 400 g/mol. The zero-order chi connectivity index (χ0) is 20.1. The molecule has 0 aromatic heterocycles. The van der Waals surface area contributed by atoms with Crippen LogP contribution in [0.4, 0.5) is 0 Å². The highest BCUT2D eigenvalue weighted by molar-refractivity contribution is 7.89. The standard InChI is InChI=1S/C20H23ClN2O4S/c1-27-20(24)17-8-9-18(21)19(12-17)28(25,26)22-13-15-4-6-16(7-5-15)14-23-10-2-3-11-23/h4-9,12,22H,2-3,10-11,13-14H2,1H3. The van der Waals surface area contributed by atoms with Gasteiger partial charge in [0.25, 0.3) is 0 Å². The van der Waals surface area contributed by atoms with Crippen LogP contribution in [0.3, 0.4) is 0 Å². The molecule has 1 N–H and O–H groups in total. The molecule has 0 amide bonds. The Hall–Kier alpha value is -1.93. The van der Waals surface area contributed by atoms with Gasteiger partial charge in [-0.2, -0.15) is 0 Å². The highest BCUT2D eigenvalue weighted by Gasteiger charge is 2.20. The highest BCUT2D eigenvalue weighted by atomic mass is 35.5. The molecule has 3 rings (SSSR count). The largest absolute Gasteiger partial charge is 0.465 e. The first kappa shape index (κ1) is 20.8. The van der Waals surface area contributed by atoms with Crippen LogP contribution < -0.4 is 4.72 Å². The molecule has 28 heavy (non-hydrogen) atoms. The average Bonchev–Trinajstić information content (AvgIpc) is 3.20. The van der Waals surface area contributed by atoms with Gasteiger partial charge in [-0.25, -0.2) is 17.9 Å². The molecule has 1 heterocycles. The maximum Gasteiger partial charge on any atom is 0.337 e. The van der Waals surface area contributed by atoms with Gasteiger partial charge >= 0.3 is 5.97 Å². The number of methoxy groups -OCH3 is 1. The zero-order valence-electron chi connectivity index (χ0n) is 15.7. The summed E-state index contributed by atoms with van der Waals surface area (Å²) in [6, 6.07) is 11.9. The van der Waals surface area contributed by atoms with Crippen LogP contribution in [0.15, 0.2) is 47.4 Å². The van der Waals surface area contributed by atoms with E-state index in [9.17, 15) is 13.2 Å². The van der Waals surface area contributed by atoms with Gasteiger partial charge in [0.05, 0.1) is 17.7 Å². The summed E-state index contributed by atoms with van der Waals surface area (Å²) < 4.78 is 32.4. The quantitative estimate of drug-likeness (QED) is 0.693. The van der Waals surface area contributed by atoms with Crippen LogP contribution in [0, 0.1) is 0 Å². The summed E-state index contributed by atoms with van der Waals surface area (Å²) in [7, 11) is -2.65. The first-order valence-corrected chi connectivity index (χ1v) is 10.9. The van der Waals surface area contributed by atoms with Crippen molar-refractivity contribution in [3.8, 4) is 0 Å². The minimum atomic E-state index is -3.88. The number of rotatable bonds is 7. The summed E-state index contributed by atoms with van der Waals surface area (Å²) in [6.45, 7) is 3.31. The van der Waals surface area contributed by atoms with Gasteiger partial charge in [0, 0.05) is 13.1 Å². The lowest BCUT2D eigenvalue weighted by Gasteiger charge is -2.15. The second-order valence-electron chi connectivity index (χ2n) is 6.76. The third-order valence-electron chi connectivity index (χ3n) is 4.74. The van der Waals surface area contributed by atoms with Crippen molar-refractivity contribution in [3.05, 3.63) is 64.2 Å².